The summed E-state index contributed by atoms with van der Waals surface area (Å²) in [5.41, 5.74) is 5.25. The molecule has 1 aliphatic heterocycles. The number of aromatic carboxylic acids is 1. The molecule has 0 unspecified atom stereocenters. The molecule has 96 valence electrons. The zero-order chi connectivity index (χ0) is 13.1. The molecule has 0 aromatic carbocycles. The summed E-state index contributed by atoms with van der Waals surface area (Å²) in [5, 5.41) is 8.82. The highest BCUT2D eigenvalue weighted by Crippen LogP contribution is 2.21. The van der Waals surface area contributed by atoms with Crippen LogP contribution in [0.25, 0.3) is 0 Å². The van der Waals surface area contributed by atoms with Crippen molar-refractivity contribution >= 4 is 17.7 Å². The molecule has 1 amide bonds. The molecule has 0 saturated carbocycles. The van der Waals surface area contributed by atoms with E-state index in [0.717, 1.165) is 0 Å². The molecule has 1 aromatic heterocycles. The predicted molar refractivity (Wildman–Crippen MR) is 63.1 cm³/mol. The van der Waals surface area contributed by atoms with Gasteiger partial charge in [-0.05, 0) is 18.9 Å². The van der Waals surface area contributed by atoms with Crippen LogP contribution in [0.15, 0.2) is 12.3 Å². The van der Waals surface area contributed by atoms with Gasteiger partial charge in [0, 0.05) is 25.2 Å². The van der Waals surface area contributed by atoms with Crippen LogP contribution >= 0.6 is 0 Å². The molecule has 0 spiro atoms. The van der Waals surface area contributed by atoms with Crippen molar-refractivity contribution in [2.24, 2.45) is 11.7 Å². The topological polar surface area (TPSA) is 109 Å². The van der Waals surface area contributed by atoms with Crippen LogP contribution in [0.1, 0.15) is 23.5 Å². The number of nitrogens with two attached hydrogens (primary N) is 1. The first-order valence-corrected chi connectivity index (χ1v) is 5.68. The molecule has 1 aromatic rings. The van der Waals surface area contributed by atoms with Crippen LogP contribution in [-0.4, -0.2) is 40.0 Å². The number of hydrogen-bond acceptors (Lipinski definition) is 5. The highest BCUT2D eigenvalue weighted by molar-refractivity contribution is 5.83. The lowest BCUT2D eigenvalue weighted by Crippen LogP contribution is -2.39. The van der Waals surface area contributed by atoms with E-state index in [1.807, 2.05) is 4.90 Å². The van der Waals surface area contributed by atoms with Crippen LogP contribution < -0.4 is 10.6 Å². The monoisotopic (exact) mass is 250 g/mol. The molecule has 3 N–H and O–H groups in total. The van der Waals surface area contributed by atoms with Crippen molar-refractivity contribution in [2.45, 2.75) is 12.8 Å². The summed E-state index contributed by atoms with van der Waals surface area (Å²) in [6, 6.07) is 1.66. The summed E-state index contributed by atoms with van der Waals surface area (Å²) >= 11 is 0. The average Bonchev–Trinajstić information content (AvgIpc) is 2.39. The fourth-order valence-corrected chi connectivity index (χ4v) is 2.02. The number of nitrogens with zero attached hydrogens (tertiary/aromatic N) is 3. The highest BCUT2D eigenvalue weighted by Gasteiger charge is 2.24. The first kappa shape index (κ1) is 12.3. The summed E-state index contributed by atoms with van der Waals surface area (Å²) in [6.07, 6.45) is 2.76. The minimum Gasteiger partial charge on any atom is -0.475 e. The quantitative estimate of drug-likeness (QED) is 0.773. The Morgan fingerprint density at radius 2 is 2.06 bits per heavy atom. The van der Waals surface area contributed by atoms with E-state index in [2.05, 4.69) is 9.97 Å². The van der Waals surface area contributed by atoms with Crippen molar-refractivity contribution in [3.05, 3.63) is 18.1 Å². The van der Waals surface area contributed by atoms with E-state index in [1.165, 1.54) is 6.20 Å². The second-order valence-corrected chi connectivity index (χ2v) is 4.21. The molecule has 1 aliphatic rings. The number of amides is 1. The van der Waals surface area contributed by atoms with Gasteiger partial charge in [0.05, 0.1) is 0 Å². The minimum atomic E-state index is -1.15. The minimum absolute atomic E-state index is 0.0953. The van der Waals surface area contributed by atoms with Crippen LogP contribution in [0.2, 0.25) is 0 Å². The molecule has 0 atom stereocenters. The number of rotatable bonds is 3. The summed E-state index contributed by atoms with van der Waals surface area (Å²) in [5.74, 6) is -1.16. The van der Waals surface area contributed by atoms with E-state index in [4.69, 9.17) is 10.8 Å². The molecule has 2 rings (SSSR count). The number of carboxylic acid groups (broad SMARTS) is 1. The van der Waals surface area contributed by atoms with Crippen LogP contribution in [-0.2, 0) is 4.79 Å². The fraction of sp³-hybridized carbons (Fsp3) is 0.455. The molecule has 0 radical (unpaired) electrons. The van der Waals surface area contributed by atoms with Crippen molar-refractivity contribution in [2.75, 3.05) is 18.0 Å². The molecule has 0 bridgehead atoms. The molecule has 0 aliphatic carbocycles. The lowest BCUT2D eigenvalue weighted by Gasteiger charge is -2.31. The molecule has 2 heterocycles. The molecule has 1 saturated heterocycles. The molecule has 7 heteroatoms. The van der Waals surface area contributed by atoms with Crippen molar-refractivity contribution in [1.29, 1.82) is 0 Å². The first-order valence-electron chi connectivity index (χ1n) is 5.68. The number of carbonyl (C=O) groups is 2. The van der Waals surface area contributed by atoms with Crippen molar-refractivity contribution in [3.63, 3.8) is 0 Å². The van der Waals surface area contributed by atoms with Gasteiger partial charge in [0.25, 0.3) is 0 Å². The molecular weight excluding hydrogens is 236 g/mol. The molecular formula is C11H14N4O3. The Hall–Kier alpha value is -2.18. The van der Waals surface area contributed by atoms with Gasteiger partial charge in [-0.2, -0.15) is 0 Å². The number of carbonyl (C=O) groups excluding carboxylic acids is 1. The van der Waals surface area contributed by atoms with Crippen LogP contribution in [0.5, 0.6) is 0 Å². The van der Waals surface area contributed by atoms with Gasteiger partial charge in [-0.1, -0.05) is 0 Å². The largest absolute Gasteiger partial charge is 0.475 e. The normalized spacial score (nSPS) is 16.6. The number of primary amides is 1. The Morgan fingerprint density at radius 3 is 2.61 bits per heavy atom. The van der Waals surface area contributed by atoms with Crippen molar-refractivity contribution < 1.29 is 14.7 Å². The van der Waals surface area contributed by atoms with E-state index in [9.17, 15) is 9.59 Å². The highest BCUT2D eigenvalue weighted by atomic mass is 16.4. The smallest absolute Gasteiger partial charge is 0.374 e. The zero-order valence-corrected chi connectivity index (χ0v) is 9.74. The van der Waals surface area contributed by atoms with Crippen LogP contribution in [0.3, 0.4) is 0 Å². The number of piperidine rings is 1. The second-order valence-electron chi connectivity index (χ2n) is 4.21. The first-order chi connectivity index (χ1) is 8.58. The molecule has 7 nitrogen and oxygen atoms in total. The van der Waals surface area contributed by atoms with Crippen molar-refractivity contribution in [1.82, 2.24) is 9.97 Å². The molecule has 18 heavy (non-hydrogen) atoms. The Labute approximate surface area is 104 Å². The number of anilines is 1. The number of hydrogen-bond donors (Lipinski definition) is 2. The van der Waals surface area contributed by atoms with Gasteiger partial charge in [0.1, 0.15) is 5.82 Å². The van der Waals surface area contributed by atoms with E-state index >= 15 is 0 Å². The predicted octanol–water partition coefficient (Wildman–Crippen LogP) is -0.124. The summed E-state index contributed by atoms with van der Waals surface area (Å²) in [4.78, 5) is 31.4. The lowest BCUT2D eigenvalue weighted by molar-refractivity contribution is -0.122. The molecule has 1 fully saturated rings. The summed E-state index contributed by atoms with van der Waals surface area (Å²) in [6.45, 7) is 1.29. The van der Waals surface area contributed by atoms with Gasteiger partial charge in [-0.3, -0.25) is 4.79 Å². The third-order valence-corrected chi connectivity index (χ3v) is 3.05. The summed E-state index contributed by atoms with van der Waals surface area (Å²) < 4.78 is 0. The maximum atomic E-state index is 11.0. The Balaban J connectivity index is 2.07. The second kappa shape index (κ2) is 4.99. The van der Waals surface area contributed by atoms with Gasteiger partial charge in [0.15, 0.2) is 0 Å². The average molecular weight is 250 g/mol. The van der Waals surface area contributed by atoms with Crippen molar-refractivity contribution in [3.8, 4) is 0 Å². The van der Waals surface area contributed by atoms with E-state index in [1.54, 1.807) is 6.07 Å². The van der Waals surface area contributed by atoms with Gasteiger partial charge in [0.2, 0.25) is 11.7 Å². The number of aromatic nitrogens is 2. The Bertz CT molecular complexity index is 469. The Morgan fingerprint density at radius 1 is 1.39 bits per heavy atom. The lowest BCUT2D eigenvalue weighted by atomic mass is 9.96. The third kappa shape index (κ3) is 2.55. The third-order valence-electron chi connectivity index (χ3n) is 3.05. The van der Waals surface area contributed by atoms with Crippen LogP contribution in [0.4, 0.5) is 5.82 Å². The zero-order valence-electron chi connectivity index (χ0n) is 9.74. The summed E-state index contributed by atoms with van der Waals surface area (Å²) in [7, 11) is 0. The maximum absolute atomic E-state index is 11.0. The SMILES string of the molecule is NC(=O)C1CCN(c2ccnc(C(=O)O)n2)CC1. The van der Waals surface area contributed by atoms with Gasteiger partial charge in [-0.25, -0.2) is 14.8 Å². The van der Waals surface area contributed by atoms with E-state index in [0.29, 0.717) is 31.7 Å². The standard InChI is InChI=1S/C11H14N4O3/c12-9(16)7-2-5-15(6-3-7)8-1-4-13-10(14-8)11(17)18/h1,4,7H,2-3,5-6H2,(H2,12,16)(H,17,18). The van der Waals surface area contributed by atoms with E-state index < -0.39 is 5.97 Å². The maximum Gasteiger partial charge on any atom is 0.374 e. The fourth-order valence-electron chi connectivity index (χ4n) is 2.02. The van der Waals surface area contributed by atoms with Gasteiger partial charge in [-0.15, -0.1) is 0 Å². The van der Waals surface area contributed by atoms with E-state index in [-0.39, 0.29) is 17.6 Å². The van der Waals surface area contributed by atoms with Crippen LogP contribution in [0, 0.1) is 5.92 Å². The Kier molecular flexibility index (Phi) is 3.40. The van der Waals surface area contributed by atoms with Gasteiger partial charge < -0.3 is 15.7 Å². The van der Waals surface area contributed by atoms with Gasteiger partial charge >= 0.3 is 5.97 Å². The number of carboxylic acids is 1.